The second kappa shape index (κ2) is 6.46. The van der Waals surface area contributed by atoms with Crippen molar-refractivity contribution in [3.8, 4) is 0 Å². The van der Waals surface area contributed by atoms with E-state index in [-0.39, 0.29) is 28.8 Å². The first kappa shape index (κ1) is 19.4. The van der Waals surface area contributed by atoms with Gasteiger partial charge in [0.2, 0.25) is 5.91 Å². The Balaban J connectivity index is 3.00. The van der Waals surface area contributed by atoms with Gasteiger partial charge in [-0.05, 0) is 20.8 Å². The van der Waals surface area contributed by atoms with E-state index in [4.69, 9.17) is 4.98 Å². The van der Waals surface area contributed by atoms with Crippen LogP contribution in [0, 0.1) is 0 Å². The summed E-state index contributed by atoms with van der Waals surface area (Å²) in [6, 6.07) is 1.93. The zero-order valence-electron chi connectivity index (χ0n) is 16.1. The molecule has 1 rings (SSSR count). The van der Waals surface area contributed by atoms with Crippen LogP contribution in [0.1, 0.15) is 73.8 Å². The molecule has 0 aliphatic carbocycles. The summed E-state index contributed by atoms with van der Waals surface area (Å²) >= 11 is 0. The fourth-order valence-electron chi connectivity index (χ4n) is 1.89. The molecule has 23 heavy (non-hydrogen) atoms. The number of hydrogen-bond donors (Lipinski definition) is 2. The molecule has 1 aromatic rings. The van der Waals surface area contributed by atoms with Gasteiger partial charge >= 0.3 is 0 Å². The number of nitrogens with one attached hydrogen (secondary N) is 2. The zero-order valence-corrected chi connectivity index (χ0v) is 16.1. The average Bonchev–Trinajstić information content (AvgIpc) is 2.32. The van der Waals surface area contributed by atoms with Gasteiger partial charge in [-0.2, -0.15) is 0 Å². The second-order valence-electron chi connectivity index (χ2n) is 9.11. The molecule has 0 aliphatic rings. The van der Waals surface area contributed by atoms with E-state index in [9.17, 15) is 4.79 Å². The summed E-state index contributed by atoms with van der Waals surface area (Å²) in [5.74, 6) is 1.42. The first-order valence-electron chi connectivity index (χ1n) is 8.13. The van der Waals surface area contributed by atoms with E-state index in [1.165, 1.54) is 0 Å². The molecule has 0 fully saturated rings. The SMILES string of the molecule is CC(C)(C)NC(=O)CNc1cc(C(C)(C)C)nc(C(C)(C)C)n1. The molecule has 5 heteroatoms. The lowest BCUT2D eigenvalue weighted by atomic mass is 9.90. The van der Waals surface area contributed by atoms with Crippen molar-refractivity contribution in [1.82, 2.24) is 15.3 Å². The van der Waals surface area contributed by atoms with E-state index in [1.54, 1.807) is 0 Å². The van der Waals surface area contributed by atoms with Crippen LogP contribution in [0.15, 0.2) is 6.07 Å². The third-order valence-corrected chi connectivity index (χ3v) is 3.11. The molecule has 0 saturated heterocycles. The summed E-state index contributed by atoms with van der Waals surface area (Å²) in [6.07, 6.45) is 0. The topological polar surface area (TPSA) is 66.9 Å². The highest BCUT2D eigenvalue weighted by Crippen LogP contribution is 2.26. The molecule has 0 atom stereocenters. The van der Waals surface area contributed by atoms with E-state index >= 15 is 0 Å². The van der Waals surface area contributed by atoms with Crippen LogP contribution >= 0.6 is 0 Å². The van der Waals surface area contributed by atoms with Crippen molar-refractivity contribution >= 4 is 11.7 Å². The van der Waals surface area contributed by atoms with Gasteiger partial charge in [-0.3, -0.25) is 4.79 Å². The quantitative estimate of drug-likeness (QED) is 0.896. The van der Waals surface area contributed by atoms with Crippen LogP contribution in [0.4, 0.5) is 5.82 Å². The third-order valence-electron chi connectivity index (χ3n) is 3.11. The van der Waals surface area contributed by atoms with Gasteiger partial charge in [-0.15, -0.1) is 0 Å². The number of anilines is 1. The predicted octanol–water partition coefficient (Wildman–Crippen LogP) is 3.40. The Morgan fingerprint density at radius 3 is 1.96 bits per heavy atom. The molecule has 0 aliphatic heterocycles. The fourth-order valence-corrected chi connectivity index (χ4v) is 1.89. The highest BCUT2D eigenvalue weighted by molar-refractivity contribution is 5.81. The van der Waals surface area contributed by atoms with E-state index in [1.807, 2.05) is 26.8 Å². The molecule has 0 saturated carbocycles. The van der Waals surface area contributed by atoms with E-state index in [2.05, 4.69) is 57.2 Å². The van der Waals surface area contributed by atoms with E-state index in [0.29, 0.717) is 5.82 Å². The maximum Gasteiger partial charge on any atom is 0.239 e. The summed E-state index contributed by atoms with van der Waals surface area (Å²) in [5, 5.41) is 6.06. The maximum atomic E-state index is 12.0. The van der Waals surface area contributed by atoms with Crippen LogP contribution in [0.25, 0.3) is 0 Å². The summed E-state index contributed by atoms with van der Waals surface area (Å²) in [4.78, 5) is 21.3. The van der Waals surface area contributed by atoms with Gasteiger partial charge in [0, 0.05) is 22.4 Å². The number of nitrogens with zero attached hydrogens (tertiary/aromatic N) is 2. The van der Waals surface area contributed by atoms with Crippen molar-refractivity contribution in [1.29, 1.82) is 0 Å². The van der Waals surface area contributed by atoms with Crippen molar-refractivity contribution < 1.29 is 4.79 Å². The lowest BCUT2D eigenvalue weighted by Gasteiger charge is -2.24. The van der Waals surface area contributed by atoms with Crippen LogP contribution in [0.5, 0.6) is 0 Å². The number of carbonyl (C=O) groups is 1. The number of hydrogen-bond acceptors (Lipinski definition) is 4. The normalized spacial score (nSPS) is 12.9. The summed E-state index contributed by atoms with van der Waals surface area (Å²) < 4.78 is 0. The van der Waals surface area contributed by atoms with Crippen molar-refractivity contribution in [3.05, 3.63) is 17.6 Å². The van der Waals surface area contributed by atoms with Crippen LogP contribution < -0.4 is 10.6 Å². The largest absolute Gasteiger partial charge is 0.361 e. The van der Waals surface area contributed by atoms with Crippen molar-refractivity contribution in [2.45, 2.75) is 78.7 Å². The van der Waals surface area contributed by atoms with Crippen molar-refractivity contribution in [2.24, 2.45) is 0 Å². The molecule has 5 nitrogen and oxygen atoms in total. The standard InChI is InChI=1S/C18H32N4O/c1-16(2,3)12-10-13(21-15(20-12)17(4,5)6)19-11-14(23)22-18(7,8)9/h10H,11H2,1-9H3,(H,22,23)(H,19,20,21). The smallest absolute Gasteiger partial charge is 0.239 e. The van der Waals surface area contributed by atoms with Gasteiger partial charge in [0.25, 0.3) is 0 Å². The summed E-state index contributed by atoms with van der Waals surface area (Å²) in [5.41, 5.74) is 0.506. The second-order valence-corrected chi connectivity index (χ2v) is 9.11. The highest BCUT2D eigenvalue weighted by Gasteiger charge is 2.24. The minimum atomic E-state index is -0.239. The van der Waals surface area contributed by atoms with Crippen molar-refractivity contribution in [2.75, 3.05) is 11.9 Å². The Morgan fingerprint density at radius 2 is 1.52 bits per heavy atom. The lowest BCUT2D eigenvalue weighted by Crippen LogP contribution is -2.43. The molecule has 130 valence electrons. The molecule has 1 heterocycles. The van der Waals surface area contributed by atoms with Crippen LogP contribution in [0.3, 0.4) is 0 Å². The van der Waals surface area contributed by atoms with Gasteiger partial charge in [0.1, 0.15) is 11.6 Å². The minimum Gasteiger partial charge on any atom is -0.361 e. The Bertz CT molecular complexity index is 528. The van der Waals surface area contributed by atoms with Crippen LogP contribution in [0.2, 0.25) is 0 Å². The zero-order chi connectivity index (χ0) is 18.1. The van der Waals surface area contributed by atoms with E-state index in [0.717, 1.165) is 11.5 Å². The molecule has 1 amide bonds. The number of amides is 1. The summed E-state index contributed by atoms with van der Waals surface area (Å²) in [7, 11) is 0. The molecular weight excluding hydrogens is 288 g/mol. The molecule has 0 unspecified atom stereocenters. The first-order chi connectivity index (χ1) is 10.2. The lowest BCUT2D eigenvalue weighted by molar-refractivity contribution is -0.120. The Kier molecular flexibility index (Phi) is 5.45. The monoisotopic (exact) mass is 320 g/mol. The molecule has 0 bridgehead atoms. The Labute approximate surface area is 140 Å². The molecule has 0 radical (unpaired) electrons. The van der Waals surface area contributed by atoms with Gasteiger partial charge in [-0.25, -0.2) is 9.97 Å². The van der Waals surface area contributed by atoms with Gasteiger partial charge < -0.3 is 10.6 Å². The maximum absolute atomic E-state index is 12.0. The Hall–Kier alpha value is -1.65. The van der Waals surface area contributed by atoms with Crippen molar-refractivity contribution in [3.63, 3.8) is 0 Å². The number of rotatable bonds is 3. The van der Waals surface area contributed by atoms with E-state index < -0.39 is 0 Å². The van der Waals surface area contributed by atoms with Crippen LogP contribution in [-0.2, 0) is 15.6 Å². The van der Waals surface area contributed by atoms with Gasteiger partial charge in [-0.1, -0.05) is 41.5 Å². The molecule has 0 aromatic carbocycles. The third kappa shape index (κ3) is 6.55. The fraction of sp³-hybridized carbons (Fsp3) is 0.722. The highest BCUT2D eigenvalue weighted by atomic mass is 16.2. The van der Waals surface area contributed by atoms with Gasteiger partial charge in [0.15, 0.2) is 0 Å². The molecule has 2 N–H and O–H groups in total. The minimum absolute atomic E-state index is 0.0503. The predicted molar refractivity (Wildman–Crippen MR) is 95.8 cm³/mol. The Morgan fingerprint density at radius 1 is 0.957 bits per heavy atom. The molecular formula is C18H32N4O. The van der Waals surface area contributed by atoms with Gasteiger partial charge in [0.05, 0.1) is 12.2 Å². The molecule has 1 aromatic heterocycles. The summed E-state index contributed by atoms with van der Waals surface area (Å²) in [6.45, 7) is 18.7. The average molecular weight is 320 g/mol. The number of aromatic nitrogens is 2. The first-order valence-corrected chi connectivity index (χ1v) is 8.13. The molecule has 0 spiro atoms. The van der Waals surface area contributed by atoms with Crippen LogP contribution in [-0.4, -0.2) is 28.0 Å². The number of carbonyl (C=O) groups excluding carboxylic acids is 1.